The molecule has 0 aromatic carbocycles. The lowest BCUT2D eigenvalue weighted by Gasteiger charge is -2.08. The monoisotopic (exact) mass is 388 g/mol. The van der Waals surface area contributed by atoms with Crippen molar-refractivity contribution in [1.29, 1.82) is 0 Å². The third-order valence-corrected chi connectivity index (χ3v) is 3.49. The quantitative estimate of drug-likeness (QED) is 0.172. The lowest BCUT2D eigenvalue weighted by Crippen LogP contribution is -2.41. The Balaban J connectivity index is 2.17. The van der Waals surface area contributed by atoms with E-state index in [9.17, 15) is 13.2 Å². The zero-order valence-electron chi connectivity index (χ0n) is 13.6. The Bertz CT molecular complexity index is 850. The summed E-state index contributed by atoms with van der Waals surface area (Å²) in [7, 11) is -4.12. The molecule has 0 saturated carbocycles. The van der Waals surface area contributed by atoms with E-state index in [1.54, 1.807) is 0 Å². The maximum Gasteiger partial charge on any atom is 0.432 e. The number of anilines is 3. The molecule has 0 spiro atoms. The summed E-state index contributed by atoms with van der Waals surface area (Å²) in [5, 5.41) is 17.1. The molecular weight excluding hydrogens is 370 g/mol. The highest BCUT2D eigenvalue weighted by atomic mass is 32.2. The van der Waals surface area contributed by atoms with Crippen LogP contribution < -0.4 is 31.5 Å². The van der Waals surface area contributed by atoms with E-state index in [4.69, 9.17) is 9.66 Å². The summed E-state index contributed by atoms with van der Waals surface area (Å²) >= 11 is 0. The molecule has 0 saturated heterocycles. The predicted molar refractivity (Wildman–Crippen MR) is 93.2 cm³/mol. The number of nitrogens with one attached hydrogen (secondary N) is 5. The van der Waals surface area contributed by atoms with Crippen molar-refractivity contribution in [2.75, 3.05) is 34.8 Å². The first-order chi connectivity index (χ1) is 12.3. The van der Waals surface area contributed by atoms with Crippen molar-refractivity contribution in [2.45, 2.75) is 13.3 Å². The minimum atomic E-state index is -4.12. The summed E-state index contributed by atoms with van der Waals surface area (Å²) in [5.41, 5.74) is 4.84. The van der Waals surface area contributed by atoms with Gasteiger partial charge in [0.15, 0.2) is 0 Å². The van der Waals surface area contributed by atoms with Crippen molar-refractivity contribution in [3.05, 3.63) is 0 Å². The van der Waals surface area contributed by atoms with Crippen molar-refractivity contribution < 1.29 is 22.9 Å². The third kappa shape index (κ3) is 6.04. The Labute approximate surface area is 148 Å². The molecule has 0 aliphatic carbocycles. The SMILES string of the molecule is CCCNc1nc(NCCS(=O)(=O)O)nc(NC2=[N+]=C(C(=O)O)NN2)n1. The number of carbonyl (C=O) groups is 1. The van der Waals surface area contributed by atoms with Crippen LogP contribution in [0, 0.1) is 0 Å². The van der Waals surface area contributed by atoms with E-state index in [0.717, 1.165) is 6.42 Å². The Hall–Kier alpha value is -3.16. The van der Waals surface area contributed by atoms with Gasteiger partial charge in [-0.1, -0.05) is 6.92 Å². The van der Waals surface area contributed by atoms with Gasteiger partial charge in [0.2, 0.25) is 11.9 Å². The zero-order chi connectivity index (χ0) is 19.2. The Morgan fingerprint density at radius 1 is 1.12 bits per heavy atom. The summed E-state index contributed by atoms with van der Waals surface area (Å²) in [6.07, 6.45) is 0.815. The number of carboxylic acids is 1. The topological polar surface area (TPSA) is 205 Å². The molecule has 2 heterocycles. The van der Waals surface area contributed by atoms with E-state index < -0.39 is 21.8 Å². The van der Waals surface area contributed by atoms with E-state index >= 15 is 0 Å². The van der Waals surface area contributed by atoms with Gasteiger partial charge >= 0.3 is 17.8 Å². The molecule has 0 atom stereocenters. The summed E-state index contributed by atoms with van der Waals surface area (Å²) < 4.78 is 34.0. The fourth-order valence-electron chi connectivity index (χ4n) is 1.67. The van der Waals surface area contributed by atoms with E-state index in [2.05, 4.69) is 46.4 Å². The maximum atomic E-state index is 10.8. The van der Waals surface area contributed by atoms with Gasteiger partial charge in [-0.05, 0) is 6.42 Å². The molecule has 1 aromatic heterocycles. The molecule has 15 heteroatoms. The first-order valence-corrected chi connectivity index (χ1v) is 9.04. The van der Waals surface area contributed by atoms with Gasteiger partial charge in [0.05, 0.1) is 5.75 Å². The number of nitrogens with zero attached hydrogens (tertiary/aromatic N) is 4. The maximum absolute atomic E-state index is 10.8. The van der Waals surface area contributed by atoms with Crippen LogP contribution in [0.2, 0.25) is 0 Å². The van der Waals surface area contributed by atoms with E-state index in [1.165, 1.54) is 0 Å². The number of hydrogen-bond acceptors (Lipinski definition) is 11. The molecule has 1 aliphatic heterocycles. The summed E-state index contributed by atoms with van der Waals surface area (Å²) in [6.45, 7) is 2.42. The highest BCUT2D eigenvalue weighted by Gasteiger charge is 2.25. The van der Waals surface area contributed by atoms with Gasteiger partial charge in [-0.2, -0.15) is 34.2 Å². The largest absolute Gasteiger partial charge is 0.473 e. The van der Waals surface area contributed by atoms with Crippen LogP contribution in [0.3, 0.4) is 0 Å². The van der Waals surface area contributed by atoms with Crippen molar-refractivity contribution in [3.63, 3.8) is 0 Å². The van der Waals surface area contributed by atoms with Crippen LogP contribution >= 0.6 is 0 Å². The molecule has 0 unspecified atom stereocenters. The molecule has 2 rings (SSSR count). The van der Waals surface area contributed by atoms with Gasteiger partial charge < -0.3 is 15.7 Å². The summed E-state index contributed by atoms with van der Waals surface area (Å²) in [4.78, 5) is 23.0. The number of carboxylic acid groups (broad SMARTS) is 1. The summed E-state index contributed by atoms with van der Waals surface area (Å²) in [6, 6.07) is 0. The van der Waals surface area contributed by atoms with Crippen LogP contribution in [0.4, 0.5) is 17.8 Å². The number of hydrazine groups is 1. The normalized spacial score (nSPS) is 13.2. The third-order valence-electron chi connectivity index (χ3n) is 2.77. The Kier molecular flexibility index (Phi) is 6.11. The summed E-state index contributed by atoms with van der Waals surface area (Å²) in [5.74, 6) is -1.72. The van der Waals surface area contributed by atoms with E-state index in [0.29, 0.717) is 6.54 Å². The van der Waals surface area contributed by atoms with Crippen LogP contribution in [0.25, 0.3) is 0 Å². The molecule has 0 bridgehead atoms. The van der Waals surface area contributed by atoms with Crippen molar-refractivity contribution in [3.8, 4) is 0 Å². The Morgan fingerprint density at radius 3 is 2.27 bits per heavy atom. The van der Waals surface area contributed by atoms with Gasteiger partial charge in [-0.15, -0.1) is 0 Å². The van der Waals surface area contributed by atoms with Gasteiger partial charge in [-0.3, -0.25) is 4.55 Å². The fourth-order valence-corrected chi connectivity index (χ4v) is 2.03. The van der Waals surface area contributed by atoms with Crippen LogP contribution in [-0.2, 0) is 14.9 Å². The highest BCUT2D eigenvalue weighted by molar-refractivity contribution is 7.85. The smallest absolute Gasteiger partial charge is 0.432 e. The second-order valence-corrected chi connectivity index (χ2v) is 6.51. The number of aliphatic carboxylic acids is 1. The van der Waals surface area contributed by atoms with Crippen LogP contribution in [0.15, 0.2) is 0 Å². The minimum Gasteiger partial charge on any atom is -0.473 e. The number of rotatable bonds is 9. The molecule has 0 amide bonds. The molecule has 26 heavy (non-hydrogen) atoms. The van der Waals surface area contributed by atoms with Gasteiger partial charge in [-0.25, -0.2) is 14.8 Å². The average molecular weight is 388 g/mol. The van der Waals surface area contributed by atoms with Gasteiger partial charge in [0.25, 0.3) is 16.1 Å². The number of hydrogen-bond donors (Lipinski definition) is 7. The first kappa shape index (κ1) is 19.2. The predicted octanol–water partition coefficient (Wildman–Crippen LogP) is -2.58. The second-order valence-electron chi connectivity index (χ2n) is 4.93. The average Bonchev–Trinajstić information content (AvgIpc) is 3.00. The lowest BCUT2D eigenvalue weighted by molar-refractivity contribution is -0.129. The van der Waals surface area contributed by atoms with Crippen molar-refractivity contribution >= 4 is 45.7 Å². The first-order valence-electron chi connectivity index (χ1n) is 7.44. The van der Waals surface area contributed by atoms with E-state index in [-0.39, 0.29) is 36.2 Å². The highest BCUT2D eigenvalue weighted by Crippen LogP contribution is 2.09. The molecule has 1 aromatic rings. The van der Waals surface area contributed by atoms with Crippen LogP contribution in [0.5, 0.6) is 0 Å². The fraction of sp³-hybridized carbons (Fsp3) is 0.455. The van der Waals surface area contributed by atoms with Gasteiger partial charge in [0.1, 0.15) is 0 Å². The van der Waals surface area contributed by atoms with Crippen molar-refractivity contribution in [1.82, 2.24) is 30.5 Å². The number of amidine groups is 1. The van der Waals surface area contributed by atoms with Crippen LogP contribution in [-0.4, -0.2) is 69.6 Å². The molecular formula is C11H18N9O5S+. The van der Waals surface area contributed by atoms with Crippen molar-refractivity contribution in [2.24, 2.45) is 0 Å². The molecule has 142 valence electrons. The Morgan fingerprint density at radius 2 is 1.73 bits per heavy atom. The zero-order valence-corrected chi connectivity index (χ0v) is 14.5. The molecule has 7 N–H and O–H groups in total. The van der Waals surface area contributed by atoms with E-state index in [1.807, 2.05) is 6.92 Å². The van der Waals surface area contributed by atoms with Gasteiger partial charge in [0, 0.05) is 13.1 Å². The van der Waals surface area contributed by atoms with Crippen LogP contribution in [0.1, 0.15) is 13.3 Å². The molecule has 14 nitrogen and oxygen atoms in total. The molecule has 0 radical (unpaired) electrons. The molecule has 0 fully saturated rings. The standard InChI is InChI=1S/C11H17N9O5S/c1-2-3-12-8-15-9(13-4-5-26(23,24)25)17-10(16-8)18-11-14-6(7(21)22)19-20-11/h2-5H2,1H3,(H6,12,13,14,15,16,17,18,19,20,21,22,23,24,25)/p+1. The minimum absolute atomic E-state index is 0.0349. The lowest BCUT2D eigenvalue weighted by atomic mass is 10.5. The second kappa shape index (κ2) is 8.28. The number of guanidine groups is 1. The number of aromatic nitrogens is 3. The molecule has 1 aliphatic rings.